The van der Waals surface area contributed by atoms with Gasteiger partial charge in [0.1, 0.15) is 0 Å². The molecule has 0 atom stereocenters. The Hall–Kier alpha value is -0.880. The smallest absolute Gasteiger partial charge is 0.244 e. The van der Waals surface area contributed by atoms with Gasteiger partial charge in [-0.15, -0.1) is 0 Å². The van der Waals surface area contributed by atoms with Crippen molar-refractivity contribution in [2.75, 3.05) is 18.4 Å². The summed E-state index contributed by atoms with van der Waals surface area (Å²) >= 11 is 6.78. The Labute approximate surface area is 141 Å². The number of anilines is 1. The summed E-state index contributed by atoms with van der Waals surface area (Å²) in [6.07, 6.45) is 4.68. The largest absolute Gasteiger partial charge is 0.333 e. The summed E-state index contributed by atoms with van der Waals surface area (Å²) in [5, 5.41) is 2.85. The first-order valence-corrected chi connectivity index (χ1v) is 8.67. The van der Waals surface area contributed by atoms with E-state index in [1.807, 2.05) is 18.2 Å². The summed E-state index contributed by atoms with van der Waals surface area (Å²) in [6, 6.07) is 5.58. The molecule has 1 saturated heterocycles. The lowest BCUT2D eigenvalue weighted by molar-refractivity contribution is -0.135. The number of rotatable bonds is 3. The molecular weight excluding hydrogens is 400 g/mol. The van der Waals surface area contributed by atoms with Crippen LogP contribution in [-0.2, 0) is 9.59 Å². The topological polar surface area (TPSA) is 49.4 Å². The highest BCUT2D eigenvalue weighted by Crippen LogP contribution is 2.26. The van der Waals surface area contributed by atoms with Gasteiger partial charge in [0.15, 0.2) is 0 Å². The molecule has 4 nitrogen and oxygen atoms in total. The number of carbonyl (C=O) groups is 2. The van der Waals surface area contributed by atoms with E-state index in [0.717, 1.165) is 34.6 Å². The lowest BCUT2D eigenvalue weighted by atomic mass is 10.1. The van der Waals surface area contributed by atoms with Crippen molar-refractivity contribution in [1.82, 2.24) is 4.90 Å². The summed E-state index contributed by atoms with van der Waals surface area (Å²) in [7, 11) is 0. The summed E-state index contributed by atoms with van der Waals surface area (Å²) < 4.78 is 1.71. The number of amides is 2. The number of halogens is 2. The molecule has 1 fully saturated rings. The normalized spacial score (nSPS) is 16.3. The SMILES string of the molecule is O=C(CN1CCCCCCC1=O)Nc1cc(Br)ccc1Br. The van der Waals surface area contributed by atoms with E-state index in [1.54, 1.807) is 4.90 Å². The molecule has 0 aliphatic carbocycles. The van der Waals surface area contributed by atoms with E-state index in [2.05, 4.69) is 37.2 Å². The molecule has 0 spiro atoms. The van der Waals surface area contributed by atoms with Crippen LogP contribution in [0.2, 0.25) is 0 Å². The van der Waals surface area contributed by atoms with Crippen molar-refractivity contribution in [2.45, 2.75) is 32.1 Å². The fraction of sp³-hybridized carbons (Fsp3) is 0.467. The second kappa shape index (κ2) is 7.94. The number of nitrogens with one attached hydrogen (secondary N) is 1. The Bertz CT molecular complexity index is 534. The monoisotopic (exact) mass is 416 g/mol. The quantitative estimate of drug-likeness (QED) is 0.809. The van der Waals surface area contributed by atoms with E-state index < -0.39 is 0 Å². The van der Waals surface area contributed by atoms with Gasteiger partial charge in [-0.1, -0.05) is 28.8 Å². The molecular formula is C15H18Br2N2O2. The van der Waals surface area contributed by atoms with Gasteiger partial charge < -0.3 is 10.2 Å². The number of benzene rings is 1. The van der Waals surface area contributed by atoms with Gasteiger partial charge >= 0.3 is 0 Å². The van der Waals surface area contributed by atoms with Crippen LogP contribution in [0, 0.1) is 0 Å². The summed E-state index contributed by atoms with van der Waals surface area (Å²) in [5.74, 6) is -0.0825. The van der Waals surface area contributed by atoms with Crippen molar-refractivity contribution in [3.8, 4) is 0 Å². The van der Waals surface area contributed by atoms with Gasteiger partial charge in [0.2, 0.25) is 11.8 Å². The van der Waals surface area contributed by atoms with Gasteiger partial charge in [-0.2, -0.15) is 0 Å². The van der Waals surface area contributed by atoms with Crippen LogP contribution in [0.5, 0.6) is 0 Å². The summed E-state index contributed by atoms with van der Waals surface area (Å²) in [4.78, 5) is 25.8. The maximum Gasteiger partial charge on any atom is 0.244 e. The van der Waals surface area contributed by atoms with E-state index in [4.69, 9.17) is 0 Å². The molecule has 0 saturated carbocycles. The predicted octanol–water partition coefficient (Wildman–Crippen LogP) is 3.94. The Morgan fingerprint density at radius 2 is 1.95 bits per heavy atom. The van der Waals surface area contributed by atoms with Gasteiger partial charge in [0.25, 0.3) is 0 Å². The van der Waals surface area contributed by atoms with Crippen molar-refractivity contribution < 1.29 is 9.59 Å². The van der Waals surface area contributed by atoms with E-state index in [1.165, 1.54) is 0 Å². The number of carbonyl (C=O) groups excluding carboxylic acids is 2. The molecule has 1 heterocycles. The number of hydrogen-bond donors (Lipinski definition) is 1. The first-order chi connectivity index (χ1) is 10.1. The molecule has 0 unspecified atom stereocenters. The molecule has 0 radical (unpaired) electrons. The van der Waals surface area contributed by atoms with Crippen LogP contribution in [-0.4, -0.2) is 29.8 Å². The zero-order valence-corrected chi connectivity index (χ0v) is 14.9. The third-order valence-electron chi connectivity index (χ3n) is 3.46. The molecule has 0 bridgehead atoms. The molecule has 1 aromatic rings. The molecule has 1 N–H and O–H groups in total. The fourth-order valence-electron chi connectivity index (χ4n) is 2.34. The second-order valence-corrected chi connectivity index (χ2v) is 6.92. The van der Waals surface area contributed by atoms with Gasteiger partial charge in [-0.3, -0.25) is 9.59 Å². The molecule has 2 rings (SSSR count). The molecule has 21 heavy (non-hydrogen) atoms. The van der Waals surface area contributed by atoms with Gasteiger partial charge in [-0.05, 0) is 47.0 Å². The van der Waals surface area contributed by atoms with E-state index >= 15 is 0 Å². The second-order valence-electron chi connectivity index (χ2n) is 5.15. The Morgan fingerprint density at radius 1 is 1.19 bits per heavy atom. The van der Waals surface area contributed by atoms with Gasteiger partial charge in [0, 0.05) is 21.9 Å². The number of likely N-dealkylation sites (tertiary alicyclic amines) is 1. The van der Waals surface area contributed by atoms with Crippen molar-refractivity contribution in [1.29, 1.82) is 0 Å². The standard InChI is InChI=1S/C15H18Br2N2O2/c16-11-6-7-12(17)13(9-11)18-14(20)10-19-8-4-2-1-3-5-15(19)21/h6-7,9H,1-5,8,10H2,(H,18,20). The average Bonchev–Trinajstić information content (AvgIpc) is 2.43. The van der Waals surface area contributed by atoms with E-state index in [-0.39, 0.29) is 18.4 Å². The van der Waals surface area contributed by atoms with Crippen LogP contribution in [0.1, 0.15) is 32.1 Å². The van der Waals surface area contributed by atoms with Crippen LogP contribution in [0.25, 0.3) is 0 Å². The molecule has 114 valence electrons. The number of hydrogen-bond acceptors (Lipinski definition) is 2. The summed E-state index contributed by atoms with van der Waals surface area (Å²) in [5.41, 5.74) is 0.703. The maximum absolute atomic E-state index is 12.1. The maximum atomic E-state index is 12.1. The molecule has 2 amide bonds. The molecule has 1 aromatic carbocycles. The van der Waals surface area contributed by atoms with Crippen molar-refractivity contribution in [3.05, 3.63) is 27.1 Å². The van der Waals surface area contributed by atoms with Crippen molar-refractivity contribution >= 4 is 49.4 Å². The third-order valence-corrected chi connectivity index (χ3v) is 4.64. The molecule has 1 aliphatic heterocycles. The lowest BCUT2D eigenvalue weighted by Crippen LogP contribution is -2.39. The Kier molecular flexibility index (Phi) is 6.23. The predicted molar refractivity (Wildman–Crippen MR) is 90.1 cm³/mol. The Balaban J connectivity index is 1.96. The van der Waals surface area contributed by atoms with Gasteiger partial charge in [-0.25, -0.2) is 0 Å². The van der Waals surface area contributed by atoms with Gasteiger partial charge in [0.05, 0.1) is 12.2 Å². The zero-order valence-electron chi connectivity index (χ0n) is 11.7. The van der Waals surface area contributed by atoms with E-state index in [0.29, 0.717) is 18.7 Å². The van der Waals surface area contributed by atoms with Crippen LogP contribution in [0.3, 0.4) is 0 Å². The van der Waals surface area contributed by atoms with Crippen molar-refractivity contribution in [3.63, 3.8) is 0 Å². The highest BCUT2D eigenvalue weighted by atomic mass is 79.9. The highest BCUT2D eigenvalue weighted by Gasteiger charge is 2.18. The lowest BCUT2D eigenvalue weighted by Gasteiger charge is -2.24. The van der Waals surface area contributed by atoms with Crippen molar-refractivity contribution in [2.24, 2.45) is 0 Å². The van der Waals surface area contributed by atoms with E-state index in [9.17, 15) is 9.59 Å². The fourth-order valence-corrected chi connectivity index (χ4v) is 3.05. The molecule has 1 aliphatic rings. The minimum absolute atomic E-state index is 0.0816. The first kappa shape index (κ1) is 16.5. The zero-order chi connectivity index (χ0) is 15.2. The minimum Gasteiger partial charge on any atom is -0.333 e. The molecule has 0 aromatic heterocycles. The van der Waals surface area contributed by atoms with Crippen LogP contribution in [0.15, 0.2) is 27.1 Å². The number of nitrogens with zero attached hydrogens (tertiary/aromatic N) is 1. The average molecular weight is 418 g/mol. The third kappa shape index (κ3) is 5.11. The van der Waals surface area contributed by atoms with Crippen LogP contribution >= 0.6 is 31.9 Å². The first-order valence-electron chi connectivity index (χ1n) is 7.09. The highest BCUT2D eigenvalue weighted by molar-refractivity contribution is 9.11. The molecule has 6 heteroatoms. The van der Waals surface area contributed by atoms with Crippen LogP contribution < -0.4 is 5.32 Å². The van der Waals surface area contributed by atoms with Crippen LogP contribution in [0.4, 0.5) is 5.69 Å². The summed E-state index contributed by atoms with van der Waals surface area (Å²) in [6.45, 7) is 0.795. The minimum atomic E-state index is -0.164. The Morgan fingerprint density at radius 3 is 2.76 bits per heavy atom.